The number of aromatic hydroxyl groups is 1. The normalized spacial score (nSPS) is 19.0. The van der Waals surface area contributed by atoms with Crippen LogP contribution in [-0.4, -0.2) is 69.4 Å². The first-order chi connectivity index (χ1) is 26.3. The summed E-state index contributed by atoms with van der Waals surface area (Å²) in [4.78, 5) is 33.6. The van der Waals surface area contributed by atoms with E-state index in [1.165, 1.54) is 6.07 Å². The number of aromatic nitrogens is 1. The van der Waals surface area contributed by atoms with Gasteiger partial charge in [0.25, 0.3) is 0 Å². The monoisotopic (exact) mass is 769 g/mol. The van der Waals surface area contributed by atoms with Crippen LogP contribution in [0.3, 0.4) is 0 Å². The minimum absolute atomic E-state index is 0. The summed E-state index contributed by atoms with van der Waals surface area (Å²) in [5, 5.41) is 37.8. The fourth-order valence-corrected chi connectivity index (χ4v) is 8.56. The summed E-state index contributed by atoms with van der Waals surface area (Å²) in [6, 6.07) is 25.5. The van der Waals surface area contributed by atoms with Crippen LogP contribution in [0.2, 0.25) is 0 Å². The zero-order valence-corrected chi connectivity index (χ0v) is 31.2. The van der Waals surface area contributed by atoms with E-state index in [0.717, 1.165) is 96.3 Å². The number of benzene rings is 4. The molecule has 2 atom stereocenters. The highest BCUT2D eigenvalue weighted by Crippen LogP contribution is 2.39. The van der Waals surface area contributed by atoms with E-state index < -0.39 is 12.2 Å². The molecule has 5 N–H and O–H groups in total. The molecule has 0 unspecified atom stereocenters. The third-order valence-corrected chi connectivity index (χ3v) is 11.4. The lowest BCUT2D eigenvalue weighted by Crippen LogP contribution is -2.59. The molecule has 4 aliphatic rings. The molecule has 4 aliphatic heterocycles. The molecule has 4 aromatic carbocycles. The Hall–Kier alpha value is -5.37. The first-order valence-electron chi connectivity index (χ1n) is 19.2. The lowest BCUT2D eigenvalue weighted by Gasteiger charge is -2.48. The van der Waals surface area contributed by atoms with Crippen molar-refractivity contribution >= 4 is 34.5 Å². The van der Waals surface area contributed by atoms with E-state index in [4.69, 9.17) is 9.40 Å². The Kier molecular flexibility index (Phi) is 12.7. The zero-order chi connectivity index (χ0) is 37.2. The number of phenolic OH excluding ortho intramolecular Hbond substituents is 1. The van der Waals surface area contributed by atoms with Crippen LogP contribution in [0.15, 0.2) is 83.3 Å². The average Bonchev–Trinajstić information content (AvgIpc) is 3.60. The summed E-state index contributed by atoms with van der Waals surface area (Å²) in [6.45, 7) is 3.72. The topological polar surface area (TPSA) is 151 Å². The third kappa shape index (κ3) is 8.54. The number of halogens is 2. The van der Waals surface area contributed by atoms with Crippen molar-refractivity contribution in [3.05, 3.63) is 107 Å². The highest BCUT2D eigenvalue weighted by atomic mass is 19.0. The van der Waals surface area contributed by atoms with Crippen LogP contribution in [0.4, 0.5) is 25.6 Å². The van der Waals surface area contributed by atoms with Gasteiger partial charge in [-0.2, -0.15) is 0 Å². The molecule has 0 aliphatic carbocycles. The molecule has 56 heavy (non-hydrogen) atoms. The van der Waals surface area contributed by atoms with Crippen LogP contribution in [0.25, 0.3) is 22.2 Å². The minimum Gasteiger partial charge on any atom is -0.506 e. The number of nitrogens with one attached hydrogen (secondary N) is 2. The highest BCUT2D eigenvalue weighted by molar-refractivity contribution is 5.96. The number of hydrogen-bond acceptors (Lipinski definition) is 8. The van der Waals surface area contributed by atoms with Crippen molar-refractivity contribution < 1.29 is 38.7 Å². The van der Waals surface area contributed by atoms with Gasteiger partial charge in [-0.05, 0) is 110 Å². The summed E-state index contributed by atoms with van der Waals surface area (Å²) < 4.78 is 6.08. The van der Waals surface area contributed by atoms with Gasteiger partial charge in [0.05, 0.1) is 23.5 Å². The van der Waals surface area contributed by atoms with Crippen molar-refractivity contribution in [2.75, 3.05) is 36.4 Å². The van der Waals surface area contributed by atoms with E-state index in [-0.39, 0.29) is 27.1 Å². The number of carbonyl (C=O) groups excluding carboxylic acids is 1. The second-order valence-corrected chi connectivity index (χ2v) is 14.9. The molecule has 296 valence electrons. The van der Waals surface area contributed by atoms with E-state index in [2.05, 4.69) is 33.7 Å². The predicted octanol–water partition coefficient (Wildman–Crippen LogP) is 7.36. The van der Waals surface area contributed by atoms with E-state index in [1.807, 2.05) is 48.5 Å². The molecule has 5 heterocycles. The Morgan fingerprint density at radius 3 is 2.48 bits per heavy atom. The molecule has 5 aromatic rings. The van der Waals surface area contributed by atoms with Gasteiger partial charge < -0.3 is 35.3 Å². The van der Waals surface area contributed by atoms with Crippen molar-refractivity contribution in [1.82, 2.24) is 15.2 Å². The largest absolute Gasteiger partial charge is 0.506 e. The number of piperidine rings is 3. The smallest absolute Gasteiger partial charge is 0.412 e. The predicted molar refractivity (Wildman–Crippen MR) is 213 cm³/mol. The molecule has 3 fully saturated rings. The van der Waals surface area contributed by atoms with Gasteiger partial charge in [-0.3, -0.25) is 19.1 Å². The van der Waals surface area contributed by atoms with Gasteiger partial charge in [-0.1, -0.05) is 54.6 Å². The number of phenols is 1. The molecule has 11 nitrogen and oxygen atoms in total. The molecule has 0 saturated carbocycles. The van der Waals surface area contributed by atoms with Gasteiger partial charge >= 0.3 is 6.09 Å². The fraction of sp³-hybridized carbons (Fsp3) is 0.372. The van der Waals surface area contributed by atoms with Gasteiger partial charge in [-0.25, -0.2) is 9.78 Å². The number of fused-ring (bicyclic) bond motifs is 5. The number of carbonyl (C=O) groups is 2. The first kappa shape index (κ1) is 40.3. The fourth-order valence-electron chi connectivity index (χ4n) is 8.56. The van der Waals surface area contributed by atoms with E-state index in [0.29, 0.717) is 55.4 Å². The summed E-state index contributed by atoms with van der Waals surface area (Å²) in [5.41, 5.74) is 8.25. The maximum atomic E-state index is 12.9. The second-order valence-electron chi connectivity index (χ2n) is 14.9. The lowest BCUT2D eigenvalue weighted by molar-refractivity contribution is -0.116. The number of rotatable bonds is 13. The van der Waals surface area contributed by atoms with Gasteiger partial charge in [-0.15, -0.1) is 0 Å². The van der Waals surface area contributed by atoms with Crippen molar-refractivity contribution in [3.63, 3.8) is 0 Å². The summed E-state index contributed by atoms with van der Waals surface area (Å²) in [6.07, 6.45) is 4.49. The molecule has 9 rings (SSSR count). The maximum Gasteiger partial charge on any atom is 0.412 e. The van der Waals surface area contributed by atoms with Gasteiger partial charge in [0.15, 0.2) is 11.5 Å². The van der Waals surface area contributed by atoms with Gasteiger partial charge in [0.2, 0.25) is 5.91 Å². The number of oxazole rings is 1. The highest BCUT2D eigenvalue weighted by Gasteiger charge is 2.41. The first-order valence-corrected chi connectivity index (χ1v) is 19.2. The number of aliphatic hydroxyl groups excluding tert-OH is 1. The Bertz CT molecular complexity index is 2160. The third-order valence-electron chi connectivity index (χ3n) is 11.4. The van der Waals surface area contributed by atoms with Crippen LogP contribution in [0.5, 0.6) is 5.75 Å². The quantitative estimate of drug-likeness (QED) is 0.0612. The van der Waals surface area contributed by atoms with Crippen molar-refractivity contribution in [1.29, 1.82) is 0 Å². The van der Waals surface area contributed by atoms with Crippen molar-refractivity contribution in [2.45, 2.75) is 70.1 Å². The number of nitrogens with zero attached hydrogens (tertiary/aromatic N) is 3. The Morgan fingerprint density at radius 2 is 1.73 bits per heavy atom. The van der Waals surface area contributed by atoms with Crippen LogP contribution in [0, 0.1) is 5.92 Å². The standard InChI is InChI=1S/C43H47N5O6.2FH/c49-37-15-13-32(33-14-17-40(51)46-42(33)37)38(50)25-44-24-28-11-16-39-34(22-28)45-41(54-39)9-5-4-6-27-10-12-31(29-7-2-1-3-8-29)35(23-27)48(43(52)53)36-26-47-20-18-30(36)19-21-47;;/h1-3,7-8,10-13,15-16,22-23,30,36,38,44,49-50H,4-6,9,14,17-21,24-26H2,(H,46,51)(H,52,53);2*1H/t36-,38-;;/m0../s1. The SMILES string of the molecule is F.F.O=C1CCc2c([C@@H](O)CNCc3ccc4oc(CCCCc5ccc(-c6ccccc6)c(N(C(=O)O)[C@H]6CN7CCC6CC7)c5)nc4c3)ccc(O)c2N1. The van der Waals surface area contributed by atoms with E-state index >= 15 is 0 Å². The van der Waals surface area contributed by atoms with Crippen LogP contribution >= 0.6 is 0 Å². The second kappa shape index (κ2) is 17.6. The summed E-state index contributed by atoms with van der Waals surface area (Å²) >= 11 is 0. The van der Waals surface area contributed by atoms with Gasteiger partial charge in [0, 0.05) is 38.0 Å². The minimum atomic E-state index is -0.889. The number of hydrogen-bond donors (Lipinski definition) is 5. The van der Waals surface area contributed by atoms with Crippen molar-refractivity contribution in [3.8, 4) is 16.9 Å². The number of unbranched alkanes of at least 4 members (excludes halogenated alkanes) is 1. The van der Waals surface area contributed by atoms with E-state index in [1.54, 1.807) is 11.0 Å². The summed E-state index contributed by atoms with van der Waals surface area (Å²) in [7, 11) is 0. The average molecular weight is 770 g/mol. The number of carboxylic acid groups (broad SMARTS) is 1. The van der Waals surface area contributed by atoms with Crippen LogP contribution in [-0.2, 0) is 30.6 Å². The molecule has 0 radical (unpaired) electrons. The molecule has 2 bridgehead atoms. The Labute approximate surface area is 324 Å². The Balaban J connectivity index is 0.00000266. The number of aryl methyl sites for hydroxylation is 2. The molecular formula is C43H49F2N5O6. The number of aliphatic hydroxyl groups is 1. The molecule has 3 saturated heterocycles. The molecule has 0 spiro atoms. The maximum absolute atomic E-state index is 12.9. The van der Waals surface area contributed by atoms with Crippen molar-refractivity contribution in [2.24, 2.45) is 5.92 Å². The molecule has 1 aromatic heterocycles. The van der Waals surface area contributed by atoms with Crippen LogP contribution in [0.1, 0.15) is 66.4 Å². The van der Waals surface area contributed by atoms with E-state index in [9.17, 15) is 24.9 Å². The molecule has 2 amide bonds. The Morgan fingerprint density at radius 1 is 0.964 bits per heavy atom. The lowest BCUT2D eigenvalue weighted by atomic mass is 9.82. The number of anilines is 2. The molecular weight excluding hydrogens is 720 g/mol. The molecule has 13 heteroatoms. The number of amides is 2. The van der Waals surface area contributed by atoms with Gasteiger partial charge in [0.1, 0.15) is 11.3 Å². The summed E-state index contributed by atoms with van der Waals surface area (Å²) in [5.74, 6) is 0.936. The zero-order valence-electron chi connectivity index (χ0n) is 31.2. The van der Waals surface area contributed by atoms with Crippen LogP contribution < -0.4 is 15.5 Å².